The molecule has 0 fully saturated rings. The molecule has 0 aromatic heterocycles. The van der Waals surface area contributed by atoms with Gasteiger partial charge in [0, 0.05) is 0 Å². The lowest BCUT2D eigenvalue weighted by Crippen LogP contribution is -2.29. The molecule has 0 saturated heterocycles. The van der Waals surface area contributed by atoms with Crippen molar-refractivity contribution >= 4 is 0 Å². The summed E-state index contributed by atoms with van der Waals surface area (Å²) < 4.78 is 0. The van der Waals surface area contributed by atoms with Crippen LogP contribution in [0.2, 0.25) is 0 Å². The molecule has 2 nitrogen and oxygen atoms in total. The summed E-state index contributed by atoms with van der Waals surface area (Å²) in [6.07, 6.45) is 1.91. The maximum absolute atomic E-state index is 5.18. The minimum Gasteiger partial charge on any atom is -0.316 e. The molecular formula is C10H18N2. The van der Waals surface area contributed by atoms with E-state index in [1.165, 1.54) is 0 Å². The first kappa shape index (κ1) is 11.1. The minimum absolute atomic E-state index is 0.102. The lowest BCUT2D eigenvalue weighted by Gasteiger charge is -1.97. The topological polar surface area (TPSA) is 52.0 Å². The molecule has 0 aliphatic carbocycles. The van der Waals surface area contributed by atoms with E-state index < -0.39 is 0 Å². The van der Waals surface area contributed by atoms with Crippen molar-refractivity contribution in [2.24, 2.45) is 11.5 Å². The van der Waals surface area contributed by atoms with Gasteiger partial charge < -0.3 is 11.5 Å². The second-order valence-electron chi connectivity index (χ2n) is 2.61. The highest BCUT2D eigenvalue weighted by atomic mass is 14.8. The van der Waals surface area contributed by atoms with Crippen LogP contribution in [-0.4, -0.2) is 6.17 Å². The third kappa shape index (κ3) is 9.14. The van der Waals surface area contributed by atoms with Crippen LogP contribution in [-0.2, 0) is 0 Å². The fourth-order valence-electron chi connectivity index (χ4n) is 0.718. The number of hydrogen-bond donors (Lipinski definition) is 2. The summed E-state index contributed by atoms with van der Waals surface area (Å²) in [7, 11) is 0. The van der Waals surface area contributed by atoms with Crippen molar-refractivity contribution in [1.82, 2.24) is 0 Å². The normalized spacial score (nSPS) is 9.00. The summed E-state index contributed by atoms with van der Waals surface area (Å²) >= 11 is 0. The Kier molecular flexibility index (Phi) is 7.65. The minimum atomic E-state index is -0.102. The molecule has 1 aromatic rings. The van der Waals surface area contributed by atoms with Crippen molar-refractivity contribution in [3.63, 3.8) is 0 Å². The van der Waals surface area contributed by atoms with E-state index in [9.17, 15) is 0 Å². The highest BCUT2D eigenvalue weighted by Crippen LogP contribution is 1.83. The van der Waals surface area contributed by atoms with Gasteiger partial charge in [0.05, 0.1) is 6.17 Å². The second-order valence-corrected chi connectivity index (χ2v) is 2.61. The lowest BCUT2D eigenvalue weighted by molar-refractivity contribution is 0.627. The summed E-state index contributed by atoms with van der Waals surface area (Å²) in [5.74, 6) is 0. The summed E-state index contributed by atoms with van der Waals surface area (Å²) in [5, 5.41) is 0. The van der Waals surface area contributed by atoms with E-state index in [0.29, 0.717) is 0 Å². The van der Waals surface area contributed by atoms with Crippen molar-refractivity contribution < 1.29 is 0 Å². The Balaban J connectivity index is 0.000000202. The second kappa shape index (κ2) is 8.24. The SMILES string of the molecule is CCCC(N)N.c1ccccc1. The Bertz CT molecular complexity index is 134. The molecule has 1 aromatic carbocycles. The van der Waals surface area contributed by atoms with Gasteiger partial charge in [-0.15, -0.1) is 0 Å². The Morgan fingerprint density at radius 1 is 0.917 bits per heavy atom. The average molecular weight is 166 g/mol. The predicted molar refractivity (Wildman–Crippen MR) is 53.5 cm³/mol. The number of hydrogen-bond acceptors (Lipinski definition) is 2. The first-order valence-electron chi connectivity index (χ1n) is 4.28. The molecule has 68 valence electrons. The zero-order valence-electron chi connectivity index (χ0n) is 7.61. The van der Waals surface area contributed by atoms with Gasteiger partial charge in [0.15, 0.2) is 0 Å². The molecule has 0 saturated carbocycles. The van der Waals surface area contributed by atoms with Crippen molar-refractivity contribution in [3.05, 3.63) is 36.4 Å². The summed E-state index contributed by atoms with van der Waals surface area (Å²) in [6, 6.07) is 12.0. The number of benzene rings is 1. The van der Waals surface area contributed by atoms with Crippen molar-refractivity contribution in [2.45, 2.75) is 25.9 Å². The van der Waals surface area contributed by atoms with E-state index in [1.807, 2.05) is 36.4 Å². The van der Waals surface area contributed by atoms with E-state index in [2.05, 4.69) is 6.92 Å². The van der Waals surface area contributed by atoms with Crippen molar-refractivity contribution in [1.29, 1.82) is 0 Å². The van der Waals surface area contributed by atoms with Gasteiger partial charge in [-0.3, -0.25) is 0 Å². The van der Waals surface area contributed by atoms with Crippen LogP contribution in [0, 0.1) is 0 Å². The van der Waals surface area contributed by atoms with Gasteiger partial charge in [0.25, 0.3) is 0 Å². The summed E-state index contributed by atoms with van der Waals surface area (Å²) in [6.45, 7) is 2.06. The van der Waals surface area contributed by atoms with Gasteiger partial charge in [-0.25, -0.2) is 0 Å². The maximum Gasteiger partial charge on any atom is 0.0520 e. The molecule has 0 unspecified atom stereocenters. The molecule has 0 aliphatic rings. The van der Waals surface area contributed by atoms with Crippen LogP contribution in [0.1, 0.15) is 19.8 Å². The van der Waals surface area contributed by atoms with E-state index in [1.54, 1.807) is 0 Å². The summed E-state index contributed by atoms with van der Waals surface area (Å²) in [4.78, 5) is 0. The molecule has 12 heavy (non-hydrogen) atoms. The monoisotopic (exact) mass is 166 g/mol. The fraction of sp³-hybridized carbons (Fsp3) is 0.400. The molecule has 0 amide bonds. The van der Waals surface area contributed by atoms with Gasteiger partial charge >= 0.3 is 0 Å². The predicted octanol–water partition coefficient (Wildman–Crippen LogP) is 1.72. The Morgan fingerprint density at radius 3 is 1.33 bits per heavy atom. The number of nitrogens with two attached hydrogens (primary N) is 2. The van der Waals surface area contributed by atoms with E-state index in [4.69, 9.17) is 11.5 Å². The molecule has 0 radical (unpaired) electrons. The Hall–Kier alpha value is -0.860. The van der Waals surface area contributed by atoms with Crippen LogP contribution in [0.25, 0.3) is 0 Å². The van der Waals surface area contributed by atoms with Gasteiger partial charge in [-0.05, 0) is 6.42 Å². The van der Waals surface area contributed by atoms with Crippen LogP contribution in [0.15, 0.2) is 36.4 Å². The van der Waals surface area contributed by atoms with E-state index in [0.717, 1.165) is 12.8 Å². The zero-order valence-corrected chi connectivity index (χ0v) is 7.61. The highest BCUT2D eigenvalue weighted by Gasteiger charge is 1.85. The largest absolute Gasteiger partial charge is 0.316 e. The lowest BCUT2D eigenvalue weighted by atomic mass is 10.3. The first-order chi connectivity index (χ1) is 5.77. The van der Waals surface area contributed by atoms with Gasteiger partial charge in [-0.1, -0.05) is 49.7 Å². The molecule has 0 aliphatic heterocycles. The summed E-state index contributed by atoms with van der Waals surface area (Å²) in [5.41, 5.74) is 10.4. The fourth-order valence-corrected chi connectivity index (χ4v) is 0.718. The zero-order chi connectivity index (χ0) is 9.23. The first-order valence-corrected chi connectivity index (χ1v) is 4.28. The average Bonchev–Trinajstić information content (AvgIpc) is 2.08. The van der Waals surface area contributed by atoms with Crippen LogP contribution < -0.4 is 11.5 Å². The smallest absolute Gasteiger partial charge is 0.0520 e. The standard InChI is InChI=1S/C6H6.C4H12N2/c1-2-4-6-5-3-1;1-2-3-4(5)6/h1-6H;4H,2-3,5-6H2,1H3. The Labute approximate surface area is 74.6 Å². The third-order valence-electron chi connectivity index (χ3n) is 1.29. The third-order valence-corrected chi connectivity index (χ3v) is 1.29. The van der Waals surface area contributed by atoms with Crippen LogP contribution >= 0.6 is 0 Å². The van der Waals surface area contributed by atoms with Crippen LogP contribution in [0.5, 0.6) is 0 Å². The van der Waals surface area contributed by atoms with Gasteiger partial charge in [0.2, 0.25) is 0 Å². The molecule has 0 heterocycles. The van der Waals surface area contributed by atoms with Gasteiger partial charge in [0.1, 0.15) is 0 Å². The quantitative estimate of drug-likeness (QED) is 0.657. The van der Waals surface area contributed by atoms with Gasteiger partial charge in [-0.2, -0.15) is 0 Å². The van der Waals surface area contributed by atoms with Crippen molar-refractivity contribution in [3.8, 4) is 0 Å². The molecule has 0 atom stereocenters. The molecule has 2 heteroatoms. The molecule has 4 N–H and O–H groups in total. The maximum atomic E-state index is 5.18. The van der Waals surface area contributed by atoms with Crippen molar-refractivity contribution in [2.75, 3.05) is 0 Å². The van der Waals surface area contributed by atoms with E-state index in [-0.39, 0.29) is 6.17 Å². The Morgan fingerprint density at radius 2 is 1.25 bits per heavy atom. The van der Waals surface area contributed by atoms with E-state index >= 15 is 0 Å². The molecular weight excluding hydrogens is 148 g/mol. The number of rotatable bonds is 2. The molecule has 1 rings (SSSR count). The highest BCUT2D eigenvalue weighted by molar-refractivity contribution is 4.99. The molecule has 0 spiro atoms. The van der Waals surface area contributed by atoms with Crippen LogP contribution in [0.3, 0.4) is 0 Å². The van der Waals surface area contributed by atoms with Crippen LogP contribution in [0.4, 0.5) is 0 Å². The molecule has 0 bridgehead atoms.